The van der Waals surface area contributed by atoms with Crippen LogP contribution in [0.15, 0.2) is 6.07 Å². The molecule has 1 saturated carbocycles. The molecular weight excluding hydrogens is 386 g/mol. The first-order chi connectivity index (χ1) is 15.1. The zero-order valence-electron chi connectivity index (χ0n) is 19.6. The molecule has 6 nitrogen and oxygen atoms in total. The first-order valence-electron chi connectivity index (χ1n) is 12.4. The van der Waals surface area contributed by atoms with Crippen LogP contribution in [0, 0.1) is 19.8 Å². The summed E-state index contributed by atoms with van der Waals surface area (Å²) in [5.74, 6) is 0.977. The molecule has 1 aliphatic heterocycles. The highest BCUT2D eigenvalue weighted by molar-refractivity contribution is 5.76. The van der Waals surface area contributed by atoms with Crippen LogP contribution in [0.25, 0.3) is 5.65 Å². The van der Waals surface area contributed by atoms with Crippen molar-refractivity contribution in [1.82, 2.24) is 24.8 Å². The van der Waals surface area contributed by atoms with Gasteiger partial charge in [-0.25, -0.2) is 9.50 Å². The molecule has 1 amide bonds. The average Bonchev–Trinajstić information content (AvgIpc) is 3.39. The van der Waals surface area contributed by atoms with Crippen LogP contribution in [-0.4, -0.2) is 45.0 Å². The maximum absolute atomic E-state index is 12.1. The fourth-order valence-corrected chi connectivity index (χ4v) is 5.54. The number of fused-ring (bicyclic) bond motifs is 1. The van der Waals surface area contributed by atoms with E-state index in [-0.39, 0.29) is 5.91 Å². The Balaban J connectivity index is 1.50. The summed E-state index contributed by atoms with van der Waals surface area (Å²) in [6, 6.07) is 2.62. The summed E-state index contributed by atoms with van der Waals surface area (Å²) < 4.78 is 2.01. The van der Waals surface area contributed by atoms with Crippen LogP contribution < -0.4 is 5.32 Å². The van der Waals surface area contributed by atoms with E-state index < -0.39 is 0 Å². The normalized spacial score (nSPS) is 20.5. The lowest BCUT2D eigenvalue weighted by Gasteiger charge is -2.30. The van der Waals surface area contributed by atoms with Gasteiger partial charge in [-0.3, -0.25) is 9.69 Å². The van der Waals surface area contributed by atoms with Crippen molar-refractivity contribution in [1.29, 1.82) is 0 Å². The predicted molar refractivity (Wildman–Crippen MR) is 124 cm³/mol. The molecule has 1 N–H and O–H groups in total. The molecule has 2 aliphatic rings. The molecule has 2 aromatic rings. The third-order valence-electron chi connectivity index (χ3n) is 7.28. The van der Waals surface area contributed by atoms with E-state index in [1.54, 1.807) is 0 Å². The van der Waals surface area contributed by atoms with E-state index in [0.717, 1.165) is 41.5 Å². The molecule has 0 radical (unpaired) electrons. The fourth-order valence-electron chi connectivity index (χ4n) is 5.54. The summed E-state index contributed by atoms with van der Waals surface area (Å²) in [4.78, 5) is 19.6. The van der Waals surface area contributed by atoms with E-state index in [2.05, 4.69) is 37.1 Å². The van der Waals surface area contributed by atoms with Crippen molar-refractivity contribution in [3.8, 4) is 0 Å². The Morgan fingerprint density at radius 3 is 2.74 bits per heavy atom. The minimum Gasteiger partial charge on any atom is -0.356 e. The van der Waals surface area contributed by atoms with Crippen molar-refractivity contribution in [3.63, 3.8) is 0 Å². The standard InChI is InChI=1S/C25H39N5O/c1-4-14-26-25(31)13-12-21-18(2)27-24-16-22(28-30(24)19(21)3)23-11-8-15-29(23)17-20-9-6-5-7-10-20/h16,20,23H,4-15,17H2,1-3H3,(H,26,31)/t23-/m0/s1. The topological polar surface area (TPSA) is 62.5 Å². The van der Waals surface area contributed by atoms with Crippen molar-refractivity contribution >= 4 is 11.6 Å². The lowest BCUT2D eigenvalue weighted by Crippen LogP contribution is -2.30. The zero-order valence-corrected chi connectivity index (χ0v) is 19.6. The molecular formula is C25H39N5O. The molecule has 2 fully saturated rings. The summed E-state index contributed by atoms with van der Waals surface area (Å²) in [7, 11) is 0. The minimum absolute atomic E-state index is 0.117. The van der Waals surface area contributed by atoms with E-state index in [1.165, 1.54) is 63.7 Å². The maximum atomic E-state index is 12.1. The quantitative estimate of drug-likeness (QED) is 0.675. The highest BCUT2D eigenvalue weighted by Crippen LogP contribution is 2.35. The van der Waals surface area contributed by atoms with Gasteiger partial charge in [0.1, 0.15) is 0 Å². The number of carbonyl (C=O) groups is 1. The Hall–Kier alpha value is -1.95. The van der Waals surface area contributed by atoms with E-state index in [4.69, 9.17) is 10.1 Å². The number of nitrogens with zero attached hydrogens (tertiary/aromatic N) is 4. The number of hydrogen-bond acceptors (Lipinski definition) is 4. The SMILES string of the molecule is CCCNC(=O)CCc1c(C)nc2cc([C@@H]3CCCN3CC3CCCCC3)nn2c1C. The number of carbonyl (C=O) groups excluding carboxylic acids is 1. The Morgan fingerprint density at radius 2 is 1.97 bits per heavy atom. The summed E-state index contributed by atoms with van der Waals surface area (Å²) in [5, 5.41) is 8.00. The van der Waals surface area contributed by atoms with Gasteiger partial charge in [0.25, 0.3) is 0 Å². The molecule has 0 bridgehead atoms. The number of nitrogens with one attached hydrogen (secondary N) is 1. The minimum atomic E-state index is 0.117. The van der Waals surface area contributed by atoms with Crippen LogP contribution in [0.2, 0.25) is 0 Å². The van der Waals surface area contributed by atoms with Gasteiger partial charge in [-0.15, -0.1) is 0 Å². The van der Waals surface area contributed by atoms with Crippen molar-refractivity contribution in [2.24, 2.45) is 5.92 Å². The number of aryl methyl sites for hydroxylation is 2. The number of amides is 1. The zero-order chi connectivity index (χ0) is 21.8. The molecule has 6 heteroatoms. The van der Waals surface area contributed by atoms with Crippen molar-refractivity contribution in [2.45, 2.75) is 91.0 Å². The first-order valence-corrected chi connectivity index (χ1v) is 12.4. The number of rotatable bonds is 8. The lowest BCUT2D eigenvalue weighted by atomic mass is 9.89. The van der Waals surface area contributed by atoms with Gasteiger partial charge in [0, 0.05) is 37.0 Å². The van der Waals surface area contributed by atoms with E-state index in [1.807, 2.05) is 4.52 Å². The molecule has 1 atom stereocenters. The Labute approximate surface area is 186 Å². The number of likely N-dealkylation sites (tertiary alicyclic amines) is 1. The second kappa shape index (κ2) is 10.1. The monoisotopic (exact) mass is 425 g/mol. The molecule has 31 heavy (non-hydrogen) atoms. The second-order valence-electron chi connectivity index (χ2n) is 9.61. The number of hydrogen-bond donors (Lipinski definition) is 1. The molecule has 170 valence electrons. The fraction of sp³-hybridized carbons (Fsp3) is 0.720. The summed E-state index contributed by atoms with van der Waals surface area (Å²) >= 11 is 0. The van der Waals surface area contributed by atoms with E-state index >= 15 is 0 Å². The maximum Gasteiger partial charge on any atom is 0.220 e. The summed E-state index contributed by atoms with van der Waals surface area (Å²) in [6.07, 6.45) is 11.6. The Kier molecular flexibility index (Phi) is 7.26. The van der Waals surface area contributed by atoms with Crippen LogP contribution in [0.1, 0.15) is 93.4 Å². The van der Waals surface area contributed by atoms with Gasteiger partial charge in [0.15, 0.2) is 5.65 Å². The molecule has 4 rings (SSSR count). The number of aromatic nitrogens is 3. The lowest BCUT2D eigenvalue weighted by molar-refractivity contribution is -0.121. The van der Waals surface area contributed by atoms with Crippen molar-refractivity contribution in [3.05, 3.63) is 28.7 Å². The van der Waals surface area contributed by atoms with Crippen LogP contribution in [0.5, 0.6) is 0 Å². The second-order valence-corrected chi connectivity index (χ2v) is 9.61. The van der Waals surface area contributed by atoms with Gasteiger partial charge in [0.05, 0.1) is 11.7 Å². The average molecular weight is 426 g/mol. The smallest absolute Gasteiger partial charge is 0.220 e. The molecule has 0 aromatic carbocycles. The summed E-state index contributed by atoms with van der Waals surface area (Å²) in [6.45, 7) is 9.41. The van der Waals surface area contributed by atoms with E-state index in [9.17, 15) is 4.79 Å². The van der Waals surface area contributed by atoms with Gasteiger partial charge >= 0.3 is 0 Å². The third-order valence-corrected chi connectivity index (χ3v) is 7.28. The van der Waals surface area contributed by atoms with Crippen LogP contribution in [0.4, 0.5) is 0 Å². The van der Waals surface area contributed by atoms with Gasteiger partial charge in [-0.1, -0.05) is 26.2 Å². The molecule has 3 heterocycles. The molecule has 1 aliphatic carbocycles. The highest BCUT2D eigenvalue weighted by Gasteiger charge is 2.30. The Bertz CT molecular complexity index is 899. The van der Waals surface area contributed by atoms with Gasteiger partial charge in [0.2, 0.25) is 5.91 Å². The molecule has 0 unspecified atom stereocenters. The third kappa shape index (κ3) is 5.11. The molecule has 0 spiro atoms. The largest absolute Gasteiger partial charge is 0.356 e. The Morgan fingerprint density at radius 1 is 1.16 bits per heavy atom. The van der Waals surface area contributed by atoms with Gasteiger partial charge in [-0.05, 0) is 70.4 Å². The summed E-state index contributed by atoms with van der Waals surface area (Å²) in [5.41, 5.74) is 5.40. The van der Waals surface area contributed by atoms with Crippen molar-refractivity contribution in [2.75, 3.05) is 19.6 Å². The van der Waals surface area contributed by atoms with Crippen LogP contribution >= 0.6 is 0 Å². The van der Waals surface area contributed by atoms with E-state index in [0.29, 0.717) is 18.9 Å². The van der Waals surface area contributed by atoms with Gasteiger partial charge in [-0.2, -0.15) is 5.10 Å². The highest BCUT2D eigenvalue weighted by atomic mass is 16.1. The predicted octanol–water partition coefficient (Wildman–Crippen LogP) is 4.52. The molecule has 2 aromatic heterocycles. The van der Waals surface area contributed by atoms with Crippen LogP contribution in [0.3, 0.4) is 0 Å². The molecule has 1 saturated heterocycles. The van der Waals surface area contributed by atoms with Crippen molar-refractivity contribution < 1.29 is 4.79 Å². The van der Waals surface area contributed by atoms with Gasteiger partial charge < -0.3 is 5.32 Å². The first kappa shape index (κ1) is 22.3. The van der Waals surface area contributed by atoms with Crippen LogP contribution in [-0.2, 0) is 11.2 Å².